The molecule has 0 aliphatic carbocycles. The smallest absolute Gasteiger partial charge is 0.303 e. The van der Waals surface area contributed by atoms with Gasteiger partial charge in [-0.3, -0.25) is 4.79 Å². The van der Waals surface area contributed by atoms with Gasteiger partial charge in [0.1, 0.15) is 5.82 Å². The number of unbranched alkanes of at least 4 members (excludes halogenated alkanes) is 1. The summed E-state index contributed by atoms with van der Waals surface area (Å²) in [4.78, 5) is 15.6. The van der Waals surface area contributed by atoms with E-state index in [0.717, 1.165) is 37.1 Å². The lowest BCUT2D eigenvalue weighted by Crippen LogP contribution is -2.09. The van der Waals surface area contributed by atoms with E-state index in [9.17, 15) is 4.79 Å². The molecular formula is C19H28N2O2. The zero-order valence-electron chi connectivity index (χ0n) is 14.7. The minimum absolute atomic E-state index is 0.241. The average Bonchev–Trinajstić information content (AvgIpc) is 2.83. The number of fused-ring (bicyclic) bond motifs is 1. The van der Waals surface area contributed by atoms with Crippen molar-refractivity contribution in [2.24, 2.45) is 0 Å². The molecule has 0 saturated carbocycles. The number of carboxylic acid groups (broad SMARTS) is 1. The number of hydrogen-bond acceptors (Lipinski definition) is 2. The van der Waals surface area contributed by atoms with Gasteiger partial charge in [0.05, 0.1) is 11.0 Å². The Morgan fingerprint density at radius 3 is 2.43 bits per heavy atom. The van der Waals surface area contributed by atoms with Gasteiger partial charge in [-0.1, -0.05) is 13.8 Å². The van der Waals surface area contributed by atoms with E-state index in [0.29, 0.717) is 12.3 Å². The van der Waals surface area contributed by atoms with Gasteiger partial charge in [-0.05, 0) is 62.8 Å². The zero-order chi connectivity index (χ0) is 17.0. The monoisotopic (exact) mass is 316 g/mol. The van der Waals surface area contributed by atoms with Crippen molar-refractivity contribution in [2.75, 3.05) is 0 Å². The molecule has 2 rings (SSSR count). The molecule has 0 amide bonds. The van der Waals surface area contributed by atoms with Crippen molar-refractivity contribution in [3.05, 3.63) is 29.1 Å². The minimum atomic E-state index is -0.716. The highest BCUT2D eigenvalue weighted by Gasteiger charge is 2.18. The number of aryl methyl sites for hydroxylation is 3. The fourth-order valence-electron chi connectivity index (χ4n) is 3.15. The molecule has 0 spiro atoms. The van der Waals surface area contributed by atoms with Crippen LogP contribution in [0.4, 0.5) is 0 Å². The molecule has 2 aromatic rings. The van der Waals surface area contributed by atoms with Crippen LogP contribution in [0, 0.1) is 13.8 Å². The molecular weight excluding hydrogens is 288 g/mol. The molecule has 0 aliphatic rings. The number of carboxylic acids is 1. The first-order valence-corrected chi connectivity index (χ1v) is 8.67. The summed E-state index contributed by atoms with van der Waals surface area (Å²) in [6.45, 7) is 9.51. The number of benzene rings is 1. The van der Waals surface area contributed by atoms with Crippen LogP contribution in [0.5, 0.6) is 0 Å². The molecule has 1 heterocycles. The van der Waals surface area contributed by atoms with E-state index in [1.54, 1.807) is 0 Å². The Kier molecular flexibility index (Phi) is 5.80. The lowest BCUT2D eigenvalue weighted by Gasteiger charge is -2.15. The fourth-order valence-corrected chi connectivity index (χ4v) is 3.15. The Morgan fingerprint density at radius 2 is 1.83 bits per heavy atom. The highest BCUT2D eigenvalue weighted by Crippen LogP contribution is 2.28. The van der Waals surface area contributed by atoms with Crippen molar-refractivity contribution >= 4 is 17.0 Å². The summed E-state index contributed by atoms with van der Waals surface area (Å²) in [5, 5.41) is 8.81. The summed E-state index contributed by atoms with van der Waals surface area (Å²) in [5.74, 6) is 0.903. The summed E-state index contributed by atoms with van der Waals surface area (Å²) in [7, 11) is 0. The van der Waals surface area contributed by atoms with Gasteiger partial charge in [0.25, 0.3) is 0 Å². The second kappa shape index (κ2) is 7.62. The third-order valence-corrected chi connectivity index (χ3v) is 4.77. The van der Waals surface area contributed by atoms with Crippen molar-refractivity contribution < 1.29 is 9.90 Å². The van der Waals surface area contributed by atoms with Crippen molar-refractivity contribution in [3.8, 4) is 0 Å². The van der Waals surface area contributed by atoms with Crippen LogP contribution in [-0.4, -0.2) is 20.6 Å². The highest BCUT2D eigenvalue weighted by atomic mass is 16.4. The normalized spacial score (nSPS) is 11.5. The van der Waals surface area contributed by atoms with Crippen molar-refractivity contribution in [2.45, 2.75) is 72.3 Å². The standard InChI is InChI=1S/C19H28N2O2/c1-5-15(6-2)19-20-16-11-13(3)14(4)12-17(16)21(19)10-8-7-9-18(22)23/h11-12,15H,5-10H2,1-4H3,(H,22,23). The van der Waals surface area contributed by atoms with Crippen LogP contribution < -0.4 is 0 Å². The van der Waals surface area contributed by atoms with E-state index in [2.05, 4.69) is 44.4 Å². The Labute approximate surface area is 138 Å². The van der Waals surface area contributed by atoms with Crippen LogP contribution in [0.1, 0.15) is 68.8 Å². The second-order valence-corrected chi connectivity index (χ2v) is 6.41. The molecule has 1 aromatic carbocycles. The highest BCUT2D eigenvalue weighted by molar-refractivity contribution is 5.78. The van der Waals surface area contributed by atoms with E-state index in [4.69, 9.17) is 10.1 Å². The molecule has 126 valence electrons. The van der Waals surface area contributed by atoms with Gasteiger partial charge in [0, 0.05) is 18.9 Å². The molecule has 1 aromatic heterocycles. The number of nitrogens with zero attached hydrogens (tertiary/aromatic N) is 2. The van der Waals surface area contributed by atoms with Crippen LogP contribution in [0.15, 0.2) is 12.1 Å². The summed E-state index contributed by atoms with van der Waals surface area (Å²) >= 11 is 0. The van der Waals surface area contributed by atoms with Crippen LogP contribution in [0.3, 0.4) is 0 Å². The molecule has 4 nitrogen and oxygen atoms in total. The molecule has 1 N–H and O–H groups in total. The maximum atomic E-state index is 10.7. The summed E-state index contributed by atoms with van der Waals surface area (Å²) in [6.07, 6.45) is 3.98. The van der Waals surface area contributed by atoms with Crippen molar-refractivity contribution in [1.29, 1.82) is 0 Å². The SMILES string of the molecule is CCC(CC)c1nc2cc(C)c(C)cc2n1CCCCC(=O)O. The first-order chi connectivity index (χ1) is 11.0. The van der Waals surface area contributed by atoms with E-state index in [-0.39, 0.29) is 6.42 Å². The number of imidazole rings is 1. The van der Waals surface area contributed by atoms with Gasteiger partial charge in [-0.2, -0.15) is 0 Å². The fraction of sp³-hybridized carbons (Fsp3) is 0.579. The Morgan fingerprint density at radius 1 is 1.17 bits per heavy atom. The molecule has 23 heavy (non-hydrogen) atoms. The lowest BCUT2D eigenvalue weighted by molar-refractivity contribution is -0.137. The van der Waals surface area contributed by atoms with Gasteiger partial charge < -0.3 is 9.67 Å². The second-order valence-electron chi connectivity index (χ2n) is 6.41. The number of aliphatic carboxylic acids is 1. The maximum absolute atomic E-state index is 10.7. The van der Waals surface area contributed by atoms with E-state index >= 15 is 0 Å². The molecule has 0 unspecified atom stereocenters. The molecule has 0 saturated heterocycles. The van der Waals surface area contributed by atoms with Crippen LogP contribution >= 0.6 is 0 Å². The molecule has 0 fully saturated rings. The van der Waals surface area contributed by atoms with Crippen LogP contribution in [0.25, 0.3) is 11.0 Å². The summed E-state index contributed by atoms with van der Waals surface area (Å²) in [6, 6.07) is 4.39. The lowest BCUT2D eigenvalue weighted by atomic mass is 10.0. The third kappa shape index (κ3) is 3.92. The van der Waals surface area contributed by atoms with Gasteiger partial charge in [-0.25, -0.2) is 4.98 Å². The predicted octanol–water partition coefficient (Wildman–Crippen LogP) is 4.81. The Balaban J connectivity index is 2.38. The van der Waals surface area contributed by atoms with Gasteiger partial charge in [0.2, 0.25) is 0 Å². The van der Waals surface area contributed by atoms with E-state index in [1.807, 2.05) is 0 Å². The number of hydrogen-bond donors (Lipinski definition) is 1. The van der Waals surface area contributed by atoms with Crippen molar-refractivity contribution in [1.82, 2.24) is 9.55 Å². The minimum Gasteiger partial charge on any atom is -0.481 e. The summed E-state index contributed by atoms with van der Waals surface area (Å²) < 4.78 is 2.32. The van der Waals surface area contributed by atoms with E-state index < -0.39 is 5.97 Å². The summed E-state index contributed by atoms with van der Waals surface area (Å²) in [5.41, 5.74) is 4.79. The van der Waals surface area contributed by atoms with Crippen molar-refractivity contribution in [3.63, 3.8) is 0 Å². The topological polar surface area (TPSA) is 55.1 Å². The van der Waals surface area contributed by atoms with E-state index in [1.165, 1.54) is 16.6 Å². The first kappa shape index (κ1) is 17.5. The molecule has 0 radical (unpaired) electrons. The van der Waals surface area contributed by atoms with Gasteiger partial charge >= 0.3 is 5.97 Å². The molecule has 0 aliphatic heterocycles. The third-order valence-electron chi connectivity index (χ3n) is 4.77. The zero-order valence-corrected chi connectivity index (χ0v) is 14.7. The Bertz CT molecular complexity index is 684. The maximum Gasteiger partial charge on any atom is 0.303 e. The predicted molar refractivity (Wildman–Crippen MR) is 94.0 cm³/mol. The number of rotatable bonds is 8. The molecule has 0 atom stereocenters. The van der Waals surface area contributed by atoms with Gasteiger partial charge in [0.15, 0.2) is 0 Å². The van der Waals surface area contributed by atoms with Gasteiger partial charge in [-0.15, -0.1) is 0 Å². The molecule has 0 bridgehead atoms. The van der Waals surface area contributed by atoms with Crippen LogP contribution in [-0.2, 0) is 11.3 Å². The Hall–Kier alpha value is -1.84. The largest absolute Gasteiger partial charge is 0.481 e. The number of carbonyl (C=O) groups is 1. The number of aromatic nitrogens is 2. The first-order valence-electron chi connectivity index (χ1n) is 8.67. The average molecular weight is 316 g/mol. The van der Waals surface area contributed by atoms with Crippen LogP contribution in [0.2, 0.25) is 0 Å². The quantitative estimate of drug-likeness (QED) is 0.711. The molecule has 4 heteroatoms.